The second kappa shape index (κ2) is 4.80. The van der Waals surface area contributed by atoms with E-state index in [4.69, 9.17) is 4.42 Å². The van der Waals surface area contributed by atoms with E-state index in [0.29, 0.717) is 11.1 Å². The highest BCUT2D eigenvalue weighted by atomic mass is 127. The molecule has 5 heteroatoms. The fraction of sp³-hybridized carbons (Fsp3) is 0.100. The summed E-state index contributed by atoms with van der Waals surface area (Å²) in [7, 11) is 0. The highest BCUT2D eigenvalue weighted by Gasteiger charge is 2.10. The average Bonchev–Trinajstić information content (AvgIpc) is 2.75. The van der Waals surface area contributed by atoms with Gasteiger partial charge in [0.15, 0.2) is 10.5 Å². The Morgan fingerprint density at radius 1 is 1.53 bits per heavy atom. The van der Waals surface area contributed by atoms with Crippen LogP contribution in [0.4, 0.5) is 0 Å². The van der Waals surface area contributed by atoms with Gasteiger partial charge in [0.1, 0.15) is 0 Å². The van der Waals surface area contributed by atoms with Crippen LogP contribution in [0.3, 0.4) is 0 Å². The minimum Gasteiger partial charge on any atom is -0.457 e. The maximum atomic E-state index is 11.8. The summed E-state index contributed by atoms with van der Waals surface area (Å²) in [5.41, 5.74) is 1.68. The Kier molecular flexibility index (Phi) is 3.63. The lowest BCUT2D eigenvalue weighted by Gasteiger charge is -1.93. The number of ketones is 1. The zero-order valence-corrected chi connectivity index (χ0v) is 12.1. The van der Waals surface area contributed by atoms with Crippen molar-refractivity contribution < 1.29 is 9.21 Å². The van der Waals surface area contributed by atoms with Crippen LogP contribution in [-0.4, -0.2) is 5.78 Å². The molecule has 0 atom stereocenters. The Morgan fingerprint density at radius 2 is 2.33 bits per heavy atom. The summed E-state index contributed by atoms with van der Waals surface area (Å²) < 4.78 is 6.86. The summed E-state index contributed by atoms with van der Waals surface area (Å²) in [6.45, 7) is 0. The van der Waals surface area contributed by atoms with Gasteiger partial charge in [0.05, 0.1) is 9.15 Å². The number of thiophene rings is 1. The van der Waals surface area contributed by atoms with Gasteiger partial charge in [-0.15, -0.1) is 11.3 Å². The van der Waals surface area contributed by atoms with Gasteiger partial charge in [-0.1, -0.05) is 0 Å². The molecule has 78 valence electrons. The minimum absolute atomic E-state index is 0.127. The van der Waals surface area contributed by atoms with Gasteiger partial charge in [0.25, 0.3) is 0 Å². The molecule has 0 aliphatic heterocycles. The SMILES string of the molecule is O=C(Cc1coc(Br)c1)c1csc(I)c1. The molecule has 0 aromatic carbocycles. The zero-order chi connectivity index (χ0) is 10.8. The van der Waals surface area contributed by atoms with Crippen LogP contribution in [0.1, 0.15) is 15.9 Å². The second-order valence-electron chi connectivity index (χ2n) is 3.00. The highest BCUT2D eigenvalue weighted by molar-refractivity contribution is 14.1. The molecule has 0 saturated heterocycles. The summed E-state index contributed by atoms with van der Waals surface area (Å²) in [6, 6.07) is 3.72. The Hall–Kier alpha value is -0.140. The van der Waals surface area contributed by atoms with Gasteiger partial charge in [0.2, 0.25) is 0 Å². The van der Waals surface area contributed by atoms with E-state index in [2.05, 4.69) is 38.5 Å². The Bertz CT molecular complexity index is 489. The fourth-order valence-electron chi connectivity index (χ4n) is 1.18. The second-order valence-corrected chi connectivity index (χ2v) is 6.59. The molecule has 0 fully saturated rings. The summed E-state index contributed by atoms with van der Waals surface area (Å²) in [6.07, 6.45) is 1.99. The molecule has 2 nitrogen and oxygen atoms in total. The quantitative estimate of drug-likeness (QED) is 0.576. The van der Waals surface area contributed by atoms with Gasteiger partial charge >= 0.3 is 0 Å². The lowest BCUT2D eigenvalue weighted by atomic mass is 10.1. The summed E-state index contributed by atoms with van der Waals surface area (Å²) in [5, 5.41) is 1.89. The highest BCUT2D eigenvalue weighted by Crippen LogP contribution is 2.20. The maximum absolute atomic E-state index is 11.8. The topological polar surface area (TPSA) is 30.2 Å². The van der Waals surface area contributed by atoms with Crippen molar-refractivity contribution in [3.05, 3.63) is 42.5 Å². The number of carbonyl (C=O) groups excluding carboxylic acids is 1. The van der Waals surface area contributed by atoms with Gasteiger partial charge in [-0.25, -0.2) is 0 Å². The Morgan fingerprint density at radius 3 is 2.87 bits per heavy atom. The van der Waals surface area contributed by atoms with Crippen LogP contribution >= 0.6 is 49.9 Å². The van der Waals surface area contributed by atoms with Crippen molar-refractivity contribution in [1.29, 1.82) is 0 Å². The van der Waals surface area contributed by atoms with Crippen LogP contribution in [0.2, 0.25) is 0 Å². The zero-order valence-electron chi connectivity index (χ0n) is 7.50. The number of carbonyl (C=O) groups is 1. The molecule has 0 spiro atoms. The largest absolute Gasteiger partial charge is 0.457 e. The third kappa shape index (κ3) is 2.92. The molecule has 2 aromatic heterocycles. The molecular formula is C10H6BrIO2S. The Balaban J connectivity index is 2.10. The third-order valence-corrected chi connectivity index (χ3v) is 4.08. The van der Waals surface area contributed by atoms with Crippen molar-refractivity contribution in [2.24, 2.45) is 0 Å². The third-order valence-electron chi connectivity index (χ3n) is 1.88. The molecule has 0 radical (unpaired) electrons. The van der Waals surface area contributed by atoms with E-state index in [0.717, 1.165) is 14.0 Å². The van der Waals surface area contributed by atoms with Crippen LogP contribution in [-0.2, 0) is 6.42 Å². The molecule has 0 bridgehead atoms. The number of hydrogen-bond donors (Lipinski definition) is 0. The van der Waals surface area contributed by atoms with E-state index >= 15 is 0 Å². The number of rotatable bonds is 3. The number of Topliss-reactive ketones (excluding diaryl/α,β-unsaturated/α-hetero) is 1. The monoisotopic (exact) mass is 396 g/mol. The molecule has 0 aliphatic carbocycles. The van der Waals surface area contributed by atoms with Crippen LogP contribution in [0.5, 0.6) is 0 Å². The standard InChI is InChI=1S/C10H6BrIO2S/c11-9-2-6(4-14-9)1-8(13)7-3-10(12)15-5-7/h2-5H,1H2. The molecular weight excluding hydrogens is 391 g/mol. The first-order chi connectivity index (χ1) is 7.15. The van der Waals surface area contributed by atoms with E-state index in [1.54, 1.807) is 17.6 Å². The Labute approximate surface area is 113 Å². The molecule has 0 unspecified atom stereocenters. The molecule has 2 heterocycles. The van der Waals surface area contributed by atoms with Crippen LogP contribution in [0.15, 0.2) is 32.9 Å². The van der Waals surface area contributed by atoms with Crippen molar-refractivity contribution in [2.75, 3.05) is 0 Å². The summed E-state index contributed by atoms with van der Waals surface area (Å²) in [4.78, 5) is 11.8. The first kappa shape index (κ1) is 11.3. The molecule has 2 aromatic rings. The fourth-order valence-corrected chi connectivity index (χ4v) is 2.92. The lowest BCUT2D eigenvalue weighted by molar-refractivity contribution is 0.0993. The first-order valence-corrected chi connectivity index (χ1v) is 6.90. The van der Waals surface area contributed by atoms with Crippen molar-refractivity contribution in [3.8, 4) is 0 Å². The van der Waals surface area contributed by atoms with E-state index in [1.807, 2.05) is 17.5 Å². The van der Waals surface area contributed by atoms with Gasteiger partial charge in [-0.3, -0.25) is 4.79 Å². The van der Waals surface area contributed by atoms with Gasteiger partial charge < -0.3 is 4.42 Å². The predicted molar refractivity (Wildman–Crippen MR) is 71.5 cm³/mol. The molecule has 0 amide bonds. The van der Waals surface area contributed by atoms with Crippen LogP contribution < -0.4 is 0 Å². The molecule has 0 saturated carbocycles. The minimum atomic E-state index is 0.127. The van der Waals surface area contributed by atoms with Gasteiger partial charge in [-0.2, -0.15) is 0 Å². The molecule has 2 rings (SSSR count). The van der Waals surface area contributed by atoms with E-state index in [-0.39, 0.29) is 5.78 Å². The number of hydrogen-bond acceptors (Lipinski definition) is 3. The lowest BCUT2D eigenvalue weighted by Crippen LogP contribution is -2.00. The molecule has 0 aliphatic rings. The number of halogens is 2. The summed E-state index contributed by atoms with van der Waals surface area (Å²) >= 11 is 7.00. The first-order valence-electron chi connectivity index (χ1n) is 4.15. The molecule has 0 N–H and O–H groups in total. The average molecular weight is 397 g/mol. The van der Waals surface area contributed by atoms with Crippen molar-refractivity contribution in [1.82, 2.24) is 0 Å². The smallest absolute Gasteiger partial charge is 0.169 e. The van der Waals surface area contributed by atoms with Crippen molar-refractivity contribution >= 4 is 55.6 Å². The van der Waals surface area contributed by atoms with Crippen LogP contribution in [0.25, 0.3) is 0 Å². The predicted octanol–water partition coefficient (Wildman–Crippen LogP) is 4.13. The molecule has 15 heavy (non-hydrogen) atoms. The van der Waals surface area contributed by atoms with E-state index in [9.17, 15) is 4.79 Å². The van der Waals surface area contributed by atoms with Gasteiger partial charge in [0, 0.05) is 17.4 Å². The van der Waals surface area contributed by atoms with Crippen LogP contribution in [0, 0.1) is 2.88 Å². The summed E-state index contributed by atoms with van der Waals surface area (Å²) in [5.74, 6) is 0.127. The van der Waals surface area contributed by atoms with Crippen molar-refractivity contribution in [3.63, 3.8) is 0 Å². The van der Waals surface area contributed by atoms with Gasteiger partial charge in [-0.05, 0) is 56.2 Å². The van der Waals surface area contributed by atoms with E-state index in [1.165, 1.54) is 0 Å². The number of furan rings is 1. The normalized spacial score (nSPS) is 10.5. The van der Waals surface area contributed by atoms with Crippen molar-refractivity contribution in [2.45, 2.75) is 6.42 Å². The maximum Gasteiger partial charge on any atom is 0.169 e. The van der Waals surface area contributed by atoms with E-state index < -0.39 is 0 Å².